The van der Waals surface area contributed by atoms with E-state index >= 15 is 0 Å². The molecule has 3 N–H and O–H groups in total. The van der Waals surface area contributed by atoms with Crippen LogP contribution < -0.4 is 11.1 Å². The molecule has 15 heteroatoms. The van der Waals surface area contributed by atoms with Crippen LogP contribution in [0.3, 0.4) is 0 Å². The van der Waals surface area contributed by atoms with Gasteiger partial charge in [0.1, 0.15) is 30.8 Å². The van der Waals surface area contributed by atoms with Crippen molar-refractivity contribution in [1.82, 2.24) is 10.2 Å². The van der Waals surface area contributed by atoms with Gasteiger partial charge in [0.15, 0.2) is 5.76 Å². The molecule has 0 bridgehead atoms. The van der Waals surface area contributed by atoms with E-state index in [1.54, 1.807) is 6.07 Å². The first-order chi connectivity index (χ1) is 16.6. The fourth-order valence-corrected chi connectivity index (χ4v) is 4.65. The van der Waals surface area contributed by atoms with Gasteiger partial charge in [0, 0.05) is 25.2 Å². The predicted octanol–water partition coefficient (Wildman–Crippen LogP) is -0.168. The first-order valence-electron chi connectivity index (χ1n) is 10.1. The number of β-lactam (4-membered cyclic amide) rings is 1. The Kier molecular flexibility index (Phi) is 8.01. The number of nitrogens with one attached hydrogen (secondary N) is 1. The van der Waals surface area contributed by atoms with E-state index in [1.807, 2.05) is 0 Å². The molecular weight excluding hydrogens is 488 g/mol. The van der Waals surface area contributed by atoms with Crippen molar-refractivity contribution >= 4 is 47.3 Å². The van der Waals surface area contributed by atoms with Gasteiger partial charge < -0.3 is 34.5 Å². The maximum Gasteiger partial charge on any atom is 0.404 e. The third kappa shape index (κ3) is 5.74. The molecule has 1 saturated heterocycles. The Morgan fingerprint density at radius 3 is 2.69 bits per heavy atom. The highest BCUT2D eigenvalue weighted by Crippen LogP contribution is 2.41. The third-order valence-corrected chi connectivity index (χ3v) is 6.01. The third-order valence-electron chi connectivity index (χ3n) is 4.67. The Hall–Kier alpha value is -4.01. The zero-order valence-corrected chi connectivity index (χ0v) is 19.7. The fourth-order valence-electron chi connectivity index (χ4n) is 3.32. The molecular formula is C20H22N4O10S. The van der Waals surface area contributed by atoms with Crippen molar-refractivity contribution in [3.05, 3.63) is 35.4 Å². The average molecular weight is 510 g/mol. The minimum absolute atomic E-state index is 0.124. The quantitative estimate of drug-likeness (QED) is 0.147. The van der Waals surface area contributed by atoms with Gasteiger partial charge in [-0.3, -0.25) is 19.3 Å². The van der Waals surface area contributed by atoms with Gasteiger partial charge in [-0.05, 0) is 12.1 Å². The van der Waals surface area contributed by atoms with Gasteiger partial charge in [-0.1, -0.05) is 5.16 Å². The van der Waals surface area contributed by atoms with Crippen LogP contribution in [0.5, 0.6) is 0 Å². The molecule has 0 aliphatic carbocycles. The van der Waals surface area contributed by atoms with Gasteiger partial charge in [0.25, 0.3) is 11.8 Å². The van der Waals surface area contributed by atoms with Gasteiger partial charge >= 0.3 is 18.0 Å². The van der Waals surface area contributed by atoms with Gasteiger partial charge in [-0.2, -0.15) is 0 Å². The highest BCUT2D eigenvalue weighted by atomic mass is 32.2. The summed E-state index contributed by atoms with van der Waals surface area (Å²) in [6.45, 7) is 2.09. The number of nitrogens with two attached hydrogens (primary N) is 1. The van der Waals surface area contributed by atoms with Crippen LogP contribution in [-0.2, 0) is 38.2 Å². The fraction of sp³-hybridized carbons (Fsp3) is 0.400. The number of carbonyl (C=O) groups is 5. The summed E-state index contributed by atoms with van der Waals surface area (Å²) in [6, 6.07) is 2.03. The Bertz CT molecular complexity index is 1080. The van der Waals surface area contributed by atoms with E-state index in [4.69, 9.17) is 29.2 Å². The Morgan fingerprint density at radius 1 is 1.34 bits per heavy atom. The molecule has 14 nitrogen and oxygen atoms in total. The summed E-state index contributed by atoms with van der Waals surface area (Å²) in [5, 5.41) is 5.53. The van der Waals surface area contributed by atoms with Crippen LogP contribution in [0.4, 0.5) is 4.79 Å². The summed E-state index contributed by atoms with van der Waals surface area (Å²) in [5.41, 5.74) is 4.89. The van der Waals surface area contributed by atoms with Crippen LogP contribution in [0, 0.1) is 0 Å². The molecule has 0 aromatic carbocycles. The van der Waals surface area contributed by atoms with E-state index in [-0.39, 0.29) is 35.1 Å². The number of carbonyl (C=O) groups excluding carboxylic acids is 5. The monoisotopic (exact) mass is 510 g/mol. The van der Waals surface area contributed by atoms with E-state index in [0.717, 1.165) is 11.8 Å². The molecule has 0 saturated carbocycles. The number of primary amides is 1. The minimum atomic E-state index is -1.24. The molecule has 3 atom stereocenters. The molecule has 188 valence electrons. The molecule has 1 aromatic rings. The molecule has 1 aromatic heterocycles. The first-order valence-corrected chi connectivity index (χ1v) is 11.1. The van der Waals surface area contributed by atoms with Crippen molar-refractivity contribution < 1.29 is 47.4 Å². The highest BCUT2D eigenvalue weighted by molar-refractivity contribution is 8.00. The second-order valence-corrected chi connectivity index (χ2v) is 8.21. The summed E-state index contributed by atoms with van der Waals surface area (Å²) in [7, 11) is 1.25. The second kappa shape index (κ2) is 10.9. The lowest BCUT2D eigenvalue weighted by molar-refractivity contribution is -0.182. The SMILES string of the molecule is CON=C(C(=O)N[C@@H]1C(=O)N2C(C(=O)OC(C)OC(C)=O)=C(COC(N)=O)CS[C@H]12)c1ccco1. The lowest BCUT2D eigenvalue weighted by Crippen LogP contribution is -2.71. The smallest absolute Gasteiger partial charge is 0.404 e. The number of oxime groups is 1. The summed E-state index contributed by atoms with van der Waals surface area (Å²) in [5.74, 6) is -2.75. The van der Waals surface area contributed by atoms with Crippen LogP contribution >= 0.6 is 11.8 Å². The number of fused-ring (bicyclic) bond motifs is 1. The van der Waals surface area contributed by atoms with E-state index in [2.05, 4.69) is 10.5 Å². The molecule has 2 aliphatic rings. The first kappa shape index (κ1) is 25.6. The average Bonchev–Trinajstić information content (AvgIpc) is 3.32. The van der Waals surface area contributed by atoms with E-state index in [1.165, 1.54) is 38.1 Å². The van der Waals surface area contributed by atoms with Gasteiger partial charge in [-0.15, -0.1) is 11.8 Å². The van der Waals surface area contributed by atoms with Gasteiger partial charge in [-0.25, -0.2) is 9.59 Å². The van der Waals surface area contributed by atoms with Crippen molar-refractivity contribution in [2.45, 2.75) is 31.6 Å². The molecule has 3 heterocycles. The predicted molar refractivity (Wildman–Crippen MR) is 117 cm³/mol. The van der Waals surface area contributed by atoms with E-state index < -0.39 is 47.6 Å². The summed E-state index contributed by atoms with van der Waals surface area (Å²) < 4.78 is 19.9. The molecule has 35 heavy (non-hydrogen) atoms. The number of nitrogens with zero attached hydrogens (tertiary/aromatic N) is 2. The van der Waals surface area contributed by atoms with Crippen molar-refractivity contribution in [3.8, 4) is 0 Å². The van der Waals surface area contributed by atoms with Crippen LogP contribution in [0.15, 0.2) is 39.2 Å². The number of amides is 3. The maximum absolute atomic E-state index is 13.0. The standard InChI is InChI=1S/C20H22N4O10S/c1-9(25)33-10(2)34-19(28)15-11(7-32-20(21)29)8-35-18-14(17(27)24(15)18)22-16(26)13(23-30-3)12-5-4-6-31-12/h4-6,10,14,18H,7-8H2,1-3H3,(H2,21,29)(H,22,26)/t10?,14-,18-/m1/s1. The molecule has 3 amide bonds. The van der Waals surface area contributed by atoms with Crippen molar-refractivity contribution in [2.24, 2.45) is 10.9 Å². The number of hydrogen-bond donors (Lipinski definition) is 2. The number of rotatable bonds is 9. The van der Waals surface area contributed by atoms with Crippen LogP contribution in [-0.4, -0.2) is 77.6 Å². The number of thioether (sulfide) groups is 1. The number of hydrogen-bond acceptors (Lipinski definition) is 12. The molecule has 1 unspecified atom stereocenters. The van der Waals surface area contributed by atoms with Crippen molar-refractivity contribution in [3.63, 3.8) is 0 Å². The normalized spacial score (nSPS) is 20.3. The minimum Gasteiger partial charge on any atom is -0.462 e. The zero-order valence-electron chi connectivity index (χ0n) is 18.8. The summed E-state index contributed by atoms with van der Waals surface area (Å²) in [6.07, 6.45) is -0.976. The Morgan fingerprint density at radius 2 is 2.09 bits per heavy atom. The van der Waals surface area contributed by atoms with Crippen molar-refractivity contribution in [1.29, 1.82) is 0 Å². The second-order valence-electron chi connectivity index (χ2n) is 7.10. The molecule has 0 spiro atoms. The van der Waals surface area contributed by atoms with E-state index in [9.17, 15) is 24.0 Å². The maximum atomic E-state index is 13.0. The van der Waals surface area contributed by atoms with Crippen LogP contribution in [0.25, 0.3) is 0 Å². The van der Waals surface area contributed by atoms with Gasteiger partial charge in [0.2, 0.25) is 12.0 Å². The van der Waals surface area contributed by atoms with Gasteiger partial charge in [0.05, 0.1) is 6.26 Å². The Balaban J connectivity index is 1.80. The summed E-state index contributed by atoms with van der Waals surface area (Å²) >= 11 is 1.21. The summed E-state index contributed by atoms with van der Waals surface area (Å²) in [4.78, 5) is 66.7. The molecule has 3 rings (SSSR count). The van der Waals surface area contributed by atoms with E-state index in [0.29, 0.717) is 0 Å². The highest BCUT2D eigenvalue weighted by Gasteiger charge is 2.55. The lowest BCUT2D eigenvalue weighted by atomic mass is 10.0. The van der Waals surface area contributed by atoms with Crippen molar-refractivity contribution in [2.75, 3.05) is 19.5 Å². The molecule has 1 fully saturated rings. The molecule has 0 radical (unpaired) electrons. The topological polar surface area (TPSA) is 189 Å². The van der Waals surface area contributed by atoms with Crippen LogP contribution in [0.2, 0.25) is 0 Å². The largest absolute Gasteiger partial charge is 0.462 e. The number of furan rings is 1. The van der Waals surface area contributed by atoms with Crippen LogP contribution in [0.1, 0.15) is 19.6 Å². The number of esters is 2. The number of ether oxygens (including phenoxy) is 3. The Labute approximate surface area is 202 Å². The molecule has 2 aliphatic heterocycles. The lowest BCUT2D eigenvalue weighted by Gasteiger charge is -2.49. The zero-order chi connectivity index (χ0) is 25.7.